The zero-order valence-corrected chi connectivity index (χ0v) is 16.7. The summed E-state index contributed by atoms with van der Waals surface area (Å²) in [6.45, 7) is 3.07. The standard InChI is InChI=1S/C14H18N4O5S3/c1-4-12(10-5-7-11(8-6-10)25(3,20)21)18-26(22,23)14-17-16-13(24-14)15-9(2)19/h5-8,12,18H,4H2,1-3H3,(H,15,16,19). The quantitative estimate of drug-likeness (QED) is 0.648. The zero-order valence-electron chi connectivity index (χ0n) is 14.3. The minimum atomic E-state index is -3.95. The average Bonchev–Trinajstić information content (AvgIpc) is 3.00. The summed E-state index contributed by atoms with van der Waals surface area (Å²) in [6, 6.07) is 5.43. The second-order valence-corrected chi connectivity index (χ2v) is 10.4. The van der Waals surface area contributed by atoms with E-state index in [2.05, 4.69) is 20.2 Å². The third-order valence-corrected chi connectivity index (χ3v) is 7.14. The number of sulfone groups is 1. The molecule has 1 heterocycles. The lowest BCUT2D eigenvalue weighted by atomic mass is 10.1. The fourth-order valence-electron chi connectivity index (χ4n) is 2.09. The van der Waals surface area contributed by atoms with E-state index >= 15 is 0 Å². The van der Waals surface area contributed by atoms with Gasteiger partial charge in [-0.15, -0.1) is 10.2 Å². The van der Waals surface area contributed by atoms with Gasteiger partial charge in [0.15, 0.2) is 9.84 Å². The summed E-state index contributed by atoms with van der Waals surface area (Å²) in [5.74, 6) is -0.379. The lowest BCUT2D eigenvalue weighted by molar-refractivity contribution is -0.114. The average molecular weight is 419 g/mol. The van der Waals surface area contributed by atoms with Crippen molar-refractivity contribution in [2.75, 3.05) is 11.6 Å². The van der Waals surface area contributed by atoms with Crippen molar-refractivity contribution in [1.29, 1.82) is 0 Å². The second kappa shape index (κ2) is 7.78. The number of nitrogens with one attached hydrogen (secondary N) is 2. The first-order valence-electron chi connectivity index (χ1n) is 7.46. The van der Waals surface area contributed by atoms with E-state index in [0.717, 1.165) is 17.6 Å². The molecular formula is C14H18N4O5S3. The molecule has 2 N–H and O–H groups in total. The highest BCUT2D eigenvalue weighted by atomic mass is 32.2. The van der Waals surface area contributed by atoms with Gasteiger partial charge in [-0.3, -0.25) is 4.79 Å². The topological polar surface area (TPSA) is 135 Å². The van der Waals surface area contributed by atoms with Gasteiger partial charge in [0.05, 0.1) is 4.90 Å². The Balaban J connectivity index is 2.23. The molecule has 0 spiro atoms. The van der Waals surface area contributed by atoms with Gasteiger partial charge in [0.25, 0.3) is 10.0 Å². The third kappa shape index (κ3) is 5.06. The first-order chi connectivity index (χ1) is 12.0. The molecule has 0 aliphatic rings. The molecule has 9 nitrogen and oxygen atoms in total. The Morgan fingerprint density at radius 1 is 1.15 bits per heavy atom. The largest absolute Gasteiger partial charge is 0.301 e. The maximum Gasteiger partial charge on any atom is 0.270 e. The van der Waals surface area contributed by atoms with Crippen molar-refractivity contribution in [3.05, 3.63) is 29.8 Å². The molecule has 1 aromatic carbocycles. The summed E-state index contributed by atoms with van der Waals surface area (Å²) in [6.07, 6.45) is 1.54. The molecule has 1 amide bonds. The maximum absolute atomic E-state index is 12.5. The van der Waals surface area contributed by atoms with Gasteiger partial charge in [0.2, 0.25) is 15.4 Å². The van der Waals surface area contributed by atoms with Crippen LogP contribution in [0.2, 0.25) is 0 Å². The van der Waals surface area contributed by atoms with Crippen molar-refractivity contribution in [2.45, 2.75) is 35.5 Å². The maximum atomic E-state index is 12.5. The van der Waals surface area contributed by atoms with E-state index in [1.54, 1.807) is 19.1 Å². The minimum absolute atomic E-state index is 0.0865. The molecule has 0 radical (unpaired) electrons. The first-order valence-corrected chi connectivity index (χ1v) is 11.7. The summed E-state index contributed by atoms with van der Waals surface area (Å²) in [5, 5.41) is 9.67. The Morgan fingerprint density at radius 3 is 2.27 bits per heavy atom. The van der Waals surface area contributed by atoms with Crippen LogP contribution in [0.25, 0.3) is 0 Å². The van der Waals surface area contributed by atoms with E-state index in [1.165, 1.54) is 19.1 Å². The molecule has 12 heteroatoms. The van der Waals surface area contributed by atoms with Crippen LogP contribution in [0, 0.1) is 0 Å². The number of nitrogens with zero attached hydrogens (tertiary/aromatic N) is 2. The van der Waals surface area contributed by atoms with Crippen LogP contribution in [0.15, 0.2) is 33.5 Å². The van der Waals surface area contributed by atoms with Gasteiger partial charge < -0.3 is 5.32 Å². The Morgan fingerprint density at radius 2 is 1.77 bits per heavy atom. The van der Waals surface area contributed by atoms with Crippen LogP contribution in [0.3, 0.4) is 0 Å². The number of hydrogen-bond donors (Lipinski definition) is 2. The van der Waals surface area contributed by atoms with E-state index < -0.39 is 25.9 Å². The molecule has 0 aliphatic heterocycles. The molecule has 0 saturated heterocycles. The Kier molecular flexibility index (Phi) is 6.11. The number of amides is 1. The van der Waals surface area contributed by atoms with Crippen LogP contribution in [0.4, 0.5) is 5.13 Å². The molecule has 0 fully saturated rings. The Hall–Kier alpha value is -1.89. The van der Waals surface area contributed by atoms with Crippen molar-refractivity contribution >= 4 is 42.2 Å². The number of sulfonamides is 1. The molecular weight excluding hydrogens is 400 g/mol. The molecule has 0 saturated carbocycles. The van der Waals surface area contributed by atoms with E-state index in [4.69, 9.17) is 0 Å². The summed E-state index contributed by atoms with van der Waals surface area (Å²) in [7, 11) is -7.27. The summed E-state index contributed by atoms with van der Waals surface area (Å²) >= 11 is 0.738. The highest BCUT2D eigenvalue weighted by Crippen LogP contribution is 2.24. The van der Waals surface area contributed by atoms with Gasteiger partial charge >= 0.3 is 0 Å². The first kappa shape index (κ1) is 20.4. The van der Waals surface area contributed by atoms with E-state index in [1.807, 2.05) is 0 Å². The Bertz CT molecular complexity index is 997. The van der Waals surface area contributed by atoms with Crippen molar-refractivity contribution in [3.63, 3.8) is 0 Å². The molecule has 0 aliphatic carbocycles. The summed E-state index contributed by atoms with van der Waals surface area (Å²) in [5.41, 5.74) is 0.620. The van der Waals surface area contributed by atoms with E-state index in [0.29, 0.717) is 12.0 Å². The van der Waals surface area contributed by atoms with E-state index in [-0.39, 0.29) is 20.3 Å². The van der Waals surface area contributed by atoms with Gasteiger partial charge in [-0.1, -0.05) is 30.4 Å². The van der Waals surface area contributed by atoms with Crippen molar-refractivity contribution in [3.8, 4) is 0 Å². The van der Waals surface area contributed by atoms with Crippen LogP contribution >= 0.6 is 11.3 Å². The van der Waals surface area contributed by atoms with E-state index in [9.17, 15) is 21.6 Å². The lowest BCUT2D eigenvalue weighted by Gasteiger charge is -2.16. The molecule has 0 bridgehead atoms. The van der Waals surface area contributed by atoms with Crippen molar-refractivity contribution in [1.82, 2.24) is 14.9 Å². The predicted octanol–water partition coefficient (Wildman–Crippen LogP) is 1.33. The zero-order chi connectivity index (χ0) is 19.5. The Labute approximate surface area is 155 Å². The molecule has 1 atom stereocenters. The number of carbonyl (C=O) groups is 1. The molecule has 142 valence electrons. The monoisotopic (exact) mass is 418 g/mol. The van der Waals surface area contributed by atoms with Crippen LogP contribution < -0.4 is 10.0 Å². The molecule has 2 aromatic rings. The second-order valence-electron chi connectivity index (χ2n) is 5.48. The summed E-state index contributed by atoms with van der Waals surface area (Å²) < 4.78 is 50.3. The molecule has 2 rings (SSSR count). The van der Waals surface area contributed by atoms with Crippen LogP contribution in [-0.2, 0) is 24.7 Å². The van der Waals surface area contributed by atoms with Gasteiger partial charge in [0.1, 0.15) is 0 Å². The van der Waals surface area contributed by atoms with Gasteiger partial charge in [-0.25, -0.2) is 21.6 Å². The normalized spacial score (nSPS) is 13.3. The van der Waals surface area contributed by atoms with Crippen LogP contribution in [0.1, 0.15) is 31.9 Å². The van der Waals surface area contributed by atoms with Crippen molar-refractivity contribution < 1.29 is 21.6 Å². The number of carbonyl (C=O) groups excluding carboxylic acids is 1. The number of anilines is 1. The fourth-order valence-corrected chi connectivity index (χ4v) is 4.99. The summed E-state index contributed by atoms with van der Waals surface area (Å²) in [4.78, 5) is 11.2. The minimum Gasteiger partial charge on any atom is -0.301 e. The lowest BCUT2D eigenvalue weighted by Crippen LogP contribution is -2.28. The van der Waals surface area contributed by atoms with Crippen LogP contribution in [-0.4, -0.2) is 39.2 Å². The highest BCUT2D eigenvalue weighted by molar-refractivity contribution is 7.91. The van der Waals surface area contributed by atoms with Gasteiger partial charge in [0, 0.05) is 19.2 Å². The van der Waals surface area contributed by atoms with Gasteiger partial charge in [-0.2, -0.15) is 0 Å². The van der Waals surface area contributed by atoms with Gasteiger partial charge in [-0.05, 0) is 24.1 Å². The molecule has 1 unspecified atom stereocenters. The highest BCUT2D eigenvalue weighted by Gasteiger charge is 2.25. The third-order valence-electron chi connectivity index (χ3n) is 3.34. The van der Waals surface area contributed by atoms with Crippen molar-refractivity contribution in [2.24, 2.45) is 0 Å². The number of aromatic nitrogens is 2. The smallest absolute Gasteiger partial charge is 0.270 e. The van der Waals surface area contributed by atoms with Crippen LogP contribution in [0.5, 0.6) is 0 Å². The number of benzene rings is 1. The number of rotatable bonds is 7. The predicted molar refractivity (Wildman–Crippen MR) is 97.1 cm³/mol. The SMILES string of the molecule is CCC(NS(=O)(=O)c1nnc(NC(C)=O)s1)c1ccc(S(C)(=O)=O)cc1. The molecule has 1 aromatic heterocycles. The molecule has 26 heavy (non-hydrogen) atoms. The fraction of sp³-hybridized carbons (Fsp3) is 0.357. The number of hydrogen-bond acceptors (Lipinski definition) is 8.